The maximum Gasteiger partial charge on any atom is 0.408 e. The zero-order valence-corrected chi connectivity index (χ0v) is 25.3. The van der Waals surface area contributed by atoms with Gasteiger partial charge in [-0.25, -0.2) is 9.59 Å². The summed E-state index contributed by atoms with van der Waals surface area (Å²) in [6.07, 6.45) is 0.126. The highest BCUT2D eigenvalue weighted by atomic mass is 16.6. The number of ether oxygens (including phenoxy) is 4. The average molecular weight is 584 g/mol. The number of anilines is 1. The maximum atomic E-state index is 14.2. The minimum absolute atomic E-state index is 0.0905. The molecule has 2 N–H and O–H groups in total. The molecular formula is C31H41N3O8. The molecule has 228 valence electrons. The lowest BCUT2D eigenvalue weighted by atomic mass is 9.90. The summed E-state index contributed by atoms with van der Waals surface area (Å²) in [5.74, 6) is -0.470. The van der Waals surface area contributed by atoms with E-state index in [-0.39, 0.29) is 31.4 Å². The van der Waals surface area contributed by atoms with Gasteiger partial charge in [-0.05, 0) is 74.2 Å². The minimum atomic E-state index is -0.929. The lowest BCUT2D eigenvalue weighted by molar-refractivity contribution is -0.143. The molecule has 11 nitrogen and oxygen atoms in total. The van der Waals surface area contributed by atoms with Crippen molar-refractivity contribution in [2.75, 3.05) is 26.1 Å². The third kappa shape index (κ3) is 8.61. The van der Waals surface area contributed by atoms with E-state index in [2.05, 4.69) is 15.4 Å². The molecule has 1 aliphatic rings. The van der Waals surface area contributed by atoms with E-state index in [1.807, 2.05) is 19.9 Å². The number of hydrogen-bond acceptors (Lipinski definition) is 8. The molecule has 0 saturated carbocycles. The van der Waals surface area contributed by atoms with Crippen molar-refractivity contribution in [2.45, 2.75) is 71.7 Å². The van der Waals surface area contributed by atoms with Gasteiger partial charge in [0, 0.05) is 18.7 Å². The van der Waals surface area contributed by atoms with Gasteiger partial charge in [0.25, 0.3) is 0 Å². The highest BCUT2D eigenvalue weighted by molar-refractivity contribution is 5.99. The van der Waals surface area contributed by atoms with Crippen molar-refractivity contribution in [3.05, 3.63) is 53.6 Å². The van der Waals surface area contributed by atoms with Crippen LogP contribution in [0.2, 0.25) is 0 Å². The van der Waals surface area contributed by atoms with Crippen LogP contribution in [0.5, 0.6) is 11.5 Å². The van der Waals surface area contributed by atoms with Crippen LogP contribution in [0.25, 0.3) is 0 Å². The number of carbonyl (C=O) groups excluding carboxylic acids is 4. The van der Waals surface area contributed by atoms with Crippen LogP contribution in [0.1, 0.15) is 52.2 Å². The van der Waals surface area contributed by atoms with Gasteiger partial charge in [0.15, 0.2) is 6.61 Å². The normalized spacial score (nSPS) is 15.9. The Morgan fingerprint density at radius 2 is 1.67 bits per heavy atom. The van der Waals surface area contributed by atoms with Crippen LogP contribution < -0.4 is 20.1 Å². The number of esters is 1. The van der Waals surface area contributed by atoms with Gasteiger partial charge in [-0.3, -0.25) is 9.59 Å². The summed E-state index contributed by atoms with van der Waals surface area (Å²) in [5, 5.41) is 5.65. The summed E-state index contributed by atoms with van der Waals surface area (Å²) in [6, 6.07) is 10.4. The Bertz CT molecular complexity index is 1270. The number of amides is 3. The Labute approximate surface area is 246 Å². The Morgan fingerprint density at radius 3 is 2.26 bits per heavy atom. The van der Waals surface area contributed by atoms with Crippen molar-refractivity contribution >= 4 is 29.6 Å². The van der Waals surface area contributed by atoms with Crippen molar-refractivity contribution in [3.63, 3.8) is 0 Å². The predicted octanol–water partition coefficient (Wildman–Crippen LogP) is 4.08. The number of alkyl carbamates (subject to hydrolysis) is 1. The number of rotatable bonds is 10. The highest BCUT2D eigenvalue weighted by Gasteiger charge is 2.40. The van der Waals surface area contributed by atoms with Gasteiger partial charge in [-0.1, -0.05) is 26.3 Å². The van der Waals surface area contributed by atoms with Crippen molar-refractivity contribution in [2.24, 2.45) is 5.92 Å². The van der Waals surface area contributed by atoms with Crippen LogP contribution in [0.4, 0.5) is 10.5 Å². The first kappa shape index (κ1) is 32.2. The lowest BCUT2D eigenvalue weighted by Gasteiger charge is -2.39. The average Bonchev–Trinajstić information content (AvgIpc) is 2.96. The van der Waals surface area contributed by atoms with Gasteiger partial charge in [0.1, 0.15) is 29.2 Å². The van der Waals surface area contributed by atoms with Crippen LogP contribution in [-0.4, -0.2) is 67.3 Å². The summed E-state index contributed by atoms with van der Waals surface area (Å²) in [6.45, 7) is 8.85. The van der Waals surface area contributed by atoms with E-state index in [1.165, 1.54) is 12.0 Å². The van der Waals surface area contributed by atoms with Crippen LogP contribution in [0.15, 0.2) is 42.5 Å². The van der Waals surface area contributed by atoms with E-state index < -0.39 is 35.7 Å². The van der Waals surface area contributed by atoms with Crippen molar-refractivity contribution in [1.82, 2.24) is 10.2 Å². The monoisotopic (exact) mass is 583 g/mol. The Kier molecular flexibility index (Phi) is 10.8. The molecule has 1 aliphatic heterocycles. The molecule has 0 radical (unpaired) electrons. The van der Waals surface area contributed by atoms with Crippen LogP contribution in [0, 0.1) is 5.92 Å². The van der Waals surface area contributed by atoms with Crippen molar-refractivity contribution < 1.29 is 38.1 Å². The van der Waals surface area contributed by atoms with E-state index in [4.69, 9.17) is 14.2 Å². The molecule has 3 unspecified atom stereocenters. The number of nitrogens with one attached hydrogen (secondary N) is 2. The van der Waals surface area contributed by atoms with Crippen molar-refractivity contribution in [3.8, 4) is 11.5 Å². The lowest BCUT2D eigenvalue weighted by Crippen LogP contribution is -2.58. The first-order valence-corrected chi connectivity index (χ1v) is 13.9. The second-order valence-electron chi connectivity index (χ2n) is 11.2. The Hall–Kier alpha value is -4.28. The van der Waals surface area contributed by atoms with Crippen LogP contribution in [-0.2, 0) is 36.8 Å². The van der Waals surface area contributed by atoms with Crippen LogP contribution >= 0.6 is 0 Å². The second kappa shape index (κ2) is 14.1. The summed E-state index contributed by atoms with van der Waals surface area (Å²) in [5.41, 5.74) is 1.42. The number of benzene rings is 2. The van der Waals surface area contributed by atoms with E-state index in [0.717, 1.165) is 11.1 Å². The molecule has 1 heterocycles. The van der Waals surface area contributed by atoms with Crippen molar-refractivity contribution in [1.29, 1.82) is 0 Å². The molecule has 0 aliphatic carbocycles. The van der Waals surface area contributed by atoms with Gasteiger partial charge in [0.2, 0.25) is 11.8 Å². The number of fused-ring (bicyclic) bond motifs is 1. The van der Waals surface area contributed by atoms with E-state index in [0.29, 0.717) is 23.6 Å². The van der Waals surface area contributed by atoms with E-state index in [9.17, 15) is 19.2 Å². The molecule has 3 atom stereocenters. The third-order valence-electron chi connectivity index (χ3n) is 6.99. The third-order valence-corrected chi connectivity index (χ3v) is 6.99. The first-order valence-electron chi connectivity index (χ1n) is 13.9. The zero-order chi connectivity index (χ0) is 31.0. The Balaban J connectivity index is 1.94. The van der Waals surface area contributed by atoms with E-state index in [1.54, 1.807) is 64.3 Å². The number of methoxy groups -OCH3 is 2. The number of nitrogens with zero attached hydrogens (tertiary/aromatic N) is 1. The van der Waals surface area contributed by atoms with Gasteiger partial charge >= 0.3 is 12.1 Å². The molecule has 0 fully saturated rings. The summed E-state index contributed by atoms with van der Waals surface area (Å²) >= 11 is 0. The largest absolute Gasteiger partial charge is 0.497 e. The smallest absolute Gasteiger partial charge is 0.408 e. The standard InChI is InChI=1S/C31H41N3O8/c1-8-19(2)27(33-30(38)42-31(3,4)5)29(37)34-17-21-15-24(41-18-26(35)40-7)12-9-20(21)16-25(34)28(36)32-22-10-13-23(39-6)14-11-22/h9-15,19,25,27H,8,16-18H2,1-7H3,(H,32,36)(H,33,38). The molecule has 0 bridgehead atoms. The molecule has 0 spiro atoms. The molecule has 42 heavy (non-hydrogen) atoms. The molecule has 3 rings (SSSR count). The van der Waals surface area contributed by atoms with Gasteiger partial charge in [-0.2, -0.15) is 0 Å². The fraction of sp³-hybridized carbons (Fsp3) is 0.484. The second-order valence-corrected chi connectivity index (χ2v) is 11.2. The quantitative estimate of drug-likeness (QED) is 0.400. The predicted molar refractivity (Wildman–Crippen MR) is 156 cm³/mol. The fourth-order valence-corrected chi connectivity index (χ4v) is 4.51. The molecule has 2 aromatic rings. The van der Waals surface area contributed by atoms with Gasteiger partial charge in [0.05, 0.1) is 14.2 Å². The first-order chi connectivity index (χ1) is 19.8. The zero-order valence-electron chi connectivity index (χ0n) is 25.3. The van der Waals surface area contributed by atoms with Gasteiger partial charge in [-0.15, -0.1) is 0 Å². The number of carbonyl (C=O) groups is 4. The van der Waals surface area contributed by atoms with Gasteiger partial charge < -0.3 is 34.5 Å². The SMILES string of the molecule is CCC(C)C(NC(=O)OC(C)(C)C)C(=O)N1Cc2cc(OCC(=O)OC)ccc2CC1C(=O)Nc1ccc(OC)cc1. The molecule has 0 saturated heterocycles. The fourth-order valence-electron chi connectivity index (χ4n) is 4.51. The molecule has 11 heteroatoms. The summed E-state index contributed by atoms with van der Waals surface area (Å²) < 4.78 is 20.8. The number of hydrogen-bond donors (Lipinski definition) is 2. The Morgan fingerprint density at radius 1 is 1.00 bits per heavy atom. The molecule has 0 aromatic heterocycles. The molecular weight excluding hydrogens is 542 g/mol. The van der Waals surface area contributed by atoms with E-state index >= 15 is 0 Å². The summed E-state index contributed by atoms with van der Waals surface area (Å²) in [4.78, 5) is 53.6. The summed E-state index contributed by atoms with van der Waals surface area (Å²) in [7, 11) is 2.83. The minimum Gasteiger partial charge on any atom is -0.497 e. The highest BCUT2D eigenvalue weighted by Crippen LogP contribution is 2.30. The maximum absolute atomic E-state index is 14.2. The topological polar surface area (TPSA) is 132 Å². The molecule has 2 aromatic carbocycles. The molecule has 3 amide bonds. The van der Waals surface area contributed by atoms with Crippen LogP contribution in [0.3, 0.4) is 0 Å².